The number of amides is 2. The first kappa shape index (κ1) is 18.2. The minimum absolute atomic E-state index is 0.0709. The highest BCUT2D eigenvalue weighted by Crippen LogP contribution is 2.37. The summed E-state index contributed by atoms with van der Waals surface area (Å²) in [6.45, 7) is 3.45. The molecule has 0 bridgehead atoms. The van der Waals surface area contributed by atoms with Crippen LogP contribution in [0.15, 0.2) is 64.2 Å². The Morgan fingerprint density at radius 3 is 2.61 bits per heavy atom. The average Bonchev–Trinajstić information content (AvgIpc) is 3.17. The van der Waals surface area contributed by atoms with Gasteiger partial charge < -0.3 is 9.73 Å². The van der Waals surface area contributed by atoms with Crippen LogP contribution in [-0.2, 0) is 9.59 Å². The second kappa shape index (κ2) is 7.12. The predicted octanol–water partition coefficient (Wildman–Crippen LogP) is 3.59. The largest absolute Gasteiger partial charge is 0.411 e. The van der Waals surface area contributed by atoms with Gasteiger partial charge in [-0.2, -0.15) is 0 Å². The molecule has 0 saturated carbocycles. The van der Waals surface area contributed by atoms with Crippen LogP contribution >= 0.6 is 11.8 Å². The van der Waals surface area contributed by atoms with Gasteiger partial charge in [0, 0.05) is 5.56 Å². The van der Waals surface area contributed by atoms with E-state index < -0.39 is 5.54 Å². The number of hydrogen-bond donors (Lipinski definition) is 1. The lowest BCUT2D eigenvalue weighted by Crippen LogP contribution is -2.58. The molecule has 0 atom stereocenters. The van der Waals surface area contributed by atoms with Crippen molar-refractivity contribution in [3.05, 3.63) is 54.6 Å². The smallest absolute Gasteiger partial charge is 0.277 e. The van der Waals surface area contributed by atoms with Crippen LogP contribution in [0.25, 0.3) is 11.5 Å². The molecule has 0 fully saturated rings. The van der Waals surface area contributed by atoms with Crippen molar-refractivity contribution >= 4 is 35.0 Å². The van der Waals surface area contributed by atoms with Crippen molar-refractivity contribution in [3.8, 4) is 11.5 Å². The lowest BCUT2D eigenvalue weighted by atomic mass is 9.96. The summed E-state index contributed by atoms with van der Waals surface area (Å²) < 4.78 is 5.64. The highest BCUT2D eigenvalue weighted by atomic mass is 32.2. The lowest BCUT2D eigenvalue weighted by molar-refractivity contribution is -0.125. The number of carbonyl (C=O) groups is 2. The topological polar surface area (TPSA) is 88.3 Å². The zero-order chi connectivity index (χ0) is 19.7. The van der Waals surface area contributed by atoms with E-state index in [0.717, 1.165) is 17.3 Å². The number of nitrogens with zero attached hydrogens (tertiary/aromatic N) is 3. The number of benzene rings is 2. The molecule has 142 valence electrons. The fourth-order valence-electron chi connectivity index (χ4n) is 3.05. The van der Waals surface area contributed by atoms with Gasteiger partial charge in [-0.3, -0.25) is 14.5 Å². The summed E-state index contributed by atoms with van der Waals surface area (Å²) in [6, 6.07) is 16.7. The summed E-state index contributed by atoms with van der Waals surface area (Å²) >= 11 is 1.15. The molecule has 4 rings (SSSR count). The summed E-state index contributed by atoms with van der Waals surface area (Å²) in [7, 11) is 0. The van der Waals surface area contributed by atoms with E-state index in [-0.39, 0.29) is 17.6 Å². The van der Waals surface area contributed by atoms with Crippen LogP contribution in [0.4, 0.5) is 11.4 Å². The van der Waals surface area contributed by atoms with Crippen molar-refractivity contribution in [1.29, 1.82) is 0 Å². The van der Waals surface area contributed by atoms with Crippen LogP contribution < -0.4 is 10.2 Å². The molecule has 0 radical (unpaired) electrons. The third-order valence-corrected chi connectivity index (χ3v) is 5.31. The van der Waals surface area contributed by atoms with Gasteiger partial charge in [0.25, 0.3) is 5.22 Å². The SMILES string of the molecule is CC1(C)C(=O)Nc2ccccc2N1C(=O)CSc1nnc(-c2ccccc2)o1. The summed E-state index contributed by atoms with van der Waals surface area (Å²) in [5, 5.41) is 11.2. The van der Waals surface area contributed by atoms with Crippen molar-refractivity contribution in [2.75, 3.05) is 16.0 Å². The quantitative estimate of drug-likeness (QED) is 0.681. The fraction of sp³-hybridized carbons (Fsp3) is 0.200. The Morgan fingerprint density at radius 1 is 1.11 bits per heavy atom. The van der Waals surface area contributed by atoms with Crippen LogP contribution in [-0.4, -0.2) is 33.3 Å². The van der Waals surface area contributed by atoms with E-state index >= 15 is 0 Å². The molecule has 28 heavy (non-hydrogen) atoms. The zero-order valence-electron chi connectivity index (χ0n) is 15.4. The molecule has 0 saturated heterocycles. The van der Waals surface area contributed by atoms with E-state index in [1.54, 1.807) is 19.9 Å². The van der Waals surface area contributed by atoms with E-state index in [1.165, 1.54) is 4.90 Å². The molecule has 2 aromatic carbocycles. The van der Waals surface area contributed by atoms with Gasteiger partial charge in [-0.25, -0.2) is 0 Å². The Hall–Kier alpha value is -3.13. The minimum Gasteiger partial charge on any atom is -0.411 e. The van der Waals surface area contributed by atoms with Gasteiger partial charge in [-0.05, 0) is 38.1 Å². The van der Waals surface area contributed by atoms with Crippen LogP contribution in [0.1, 0.15) is 13.8 Å². The molecule has 0 spiro atoms. The second-order valence-corrected chi connectivity index (χ2v) is 7.71. The molecule has 2 heterocycles. The number of carbonyl (C=O) groups excluding carboxylic acids is 2. The van der Waals surface area contributed by atoms with Gasteiger partial charge in [0.15, 0.2) is 0 Å². The van der Waals surface area contributed by atoms with E-state index in [4.69, 9.17) is 4.42 Å². The summed E-state index contributed by atoms with van der Waals surface area (Å²) in [5.41, 5.74) is 1.11. The van der Waals surface area contributed by atoms with Crippen LogP contribution in [0.5, 0.6) is 0 Å². The molecule has 1 N–H and O–H groups in total. The molecular weight excluding hydrogens is 376 g/mol. The van der Waals surface area contributed by atoms with E-state index in [2.05, 4.69) is 15.5 Å². The molecule has 8 heteroatoms. The molecular formula is C20H18N4O3S. The van der Waals surface area contributed by atoms with Crippen LogP contribution in [0.2, 0.25) is 0 Å². The molecule has 1 aliphatic heterocycles. The van der Waals surface area contributed by atoms with Gasteiger partial charge in [0.2, 0.25) is 17.7 Å². The maximum absolute atomic E-state index is 13.0. The van der Waals surface area contributed by atoms with Gasteiger partial charge in [0.05, 0.1) is 17.1 Å². The number of thioether (sulfide) groups is 1. The minimum atomic E-state index is -1.00. The summed E-state index contributed by atoms with van der Waals surface area (Å²) in [5.74, 6) is 0.0330. The summed E-state index contributed by atoms with van der Waals surface area (Å²) in [4.78, 5) is 27.0. The molecule has 2 amide bonds. The molecule has 7 nitrogen and oxygen atoms in total. The van der Waals surface area contributed by atoms with Crippen molar-refractivity contribution < 1.29 is 14.0 Å². The average molecular weight is 394 g/mol. The van der Waals surface area contributed by atoms with Crippen molar-refractivity contribution in [1.82, 2.24) is 10.2 Å². The molecule has 0 aliphatic carbocycles. The van der Waals surface area contributed by atoms with Crippen molar-refractivity contribution in [2.24, 2.45) is 0 Å². The number of hydrogen-bond acceptors (Lipinski definition) is 6. The van der Waals surface area contributed by atoms with Gasteiger partial charge in [-0.1, -0.05) is 42.1 Å². The highest BCUT2D eigenvalue weighted by Gasteiger charge is 2.43. The molecule has 0 unspecified atom stereocenters. The maximum Gasteiger partial charge on any atom is 0.277 e. The van der Waals surface area contributed by atoms with Crippen molar-refractivity contribution in [2.45, 2.75) is 24.6 Å². The first-order valence-electron chi connectivity index (χ1n) is 8.72. The number of rotatable bonds is 4. The molecule has 3 aromatic rings. The Bertz CT molecular complexity index is 1030. The number of anilines is 2. The third-order valence-electron chi connectivity index (χ3n) is 4.50. The first-order chi connectivity index (χ1) is 13.5. The molecule has 1 aromatic heterocycles. The van der Waals surface area contributed by atoms with Gasteiger partial charge in [0.1, 0.15) is 5.54 Å². The first-order valence-corrected chi connectivity index (χ1v) is 9.70. The number of fused-ring (bicyclic) bond motifs is 1. The fourth-order valence-corrected chi connectivity index (χ4v) is 3.66. The molecule has 1 aliphatic rings. The highest BCUT2D eigenvalue weighted by molar-refractivity contribution is 7.99. The zero-order valence-corrected chi connectivity index (χ0v) is 16.2. The normalized spacial score (nSPS) is 15.1. The van der Waals surface area contributed by atoms with E-state index in [1.807, 2.05) is 48.5 Å². The van der Waals surface area contributed by atoms with E-state index in [9.17, 15) is 9.59 Å². The van der Waals surface area contributed by atoms with Gasteiger partial charge >= 0.3 is 0 Å². The van der Waals surface area contributed by atoms with Crippen LogP contribution in [0.3, 0.4) is 0 Å². The monoisotopic (exact) mass is 394 g/mol. The van der Waals surface area contributed by atoms with Crippen LogP contribution in [0, 0.1) is 0 Å². The lowest BCUT2D eigenvalue weighted by Gasteiger charge is -2.42. The second-order valence-electron chi connectivity index (χ2n) is 6.79. The summed E-state index contributed by atoms with van der Waals surface area (Å²) in [6.07, 6.45) is 0. The van der Waals surface area contributed by atoms with Gasteiger partial charge in [-0.15, -0.1) is 10.2 Å². The Morgan fingerprint density at radius 2 is 1.82 bits per heavy atom. The standard InChI is InChI=1S/C20H18N4O3S/c1-20(2)18(26)21-14-10-6-7-11-15(14)24(20)16(25)12-28-19-23-22-17(27-19)13-8-4-3-5-9-13/h3-11H,12H2,1-2H3,(H,21,26). The Kier molecular flexibility index (Phi) is 4.64. The maximum atomic E-state index is 13.0. The number of para-hydroxylation sites is 2. The Labute approximate surface area is 166 Å². The number of aromatic nitrogens is 2. The van der Waals surface area contributed by atoms with Crippen molar-refractivity contribution in [3.63, 3.8) is 0 Å². The number of nitrogens with one attached hydrogen (secondary N) is 1. The third kappa shape index (κ3) is 3.27. The van der Waals surface area contributed by atoms with E-state index in [0.29, 0.717) is 22.5 Å². The Balaban J connectivity index is 1.52. The predicted molar refractivity (Wildman–Crippen MR) is 107 cm³/mol.